The van der Waals surface area contributed by atoms with Gasteiger partial charge in [0.15, 0.2) is 31.3 Å². The van der Waals surface area contributed by atoms with Crippen molar-refractivity contribution >= 4 is 32.2 Å². The Labute approximate surface area is 566 Å². The number of aliphatic hydroxyl groups excluding tert-OH is 16. The van der Waals surface area contributed by atoms with Crippen LogP contribution in [-0.2, 0) is 70.6 Å². The standard InChI is InChI=1S/C61H112NO32P.ClH/c1-3-5-7-9-11-13-15-17-19-21-23-25-38(66)83-30-33(86-39(67)26-24-22-20-18-16-14-12-10-8-6-4-2)31-85-95(81,82)94-56-51(78)48(75)47(74)50(77)55(56)92-58-40(62)44(71)54(36(29-65)89-58)91-60-53(80)46(73)43(70)37(90-60)32-84-61-57(49(76)42(69)35(28-64)88-61)93-59-52(79)45(72)41(68)34(27-63)87-59;/h33-37,40-61,63-65,68-80H,3-32,62H2,1-2H3,(H,81,82);1H/t33-,34-,35-,36-,37-,40-,41-,42-,43-,44-,45+,46+,47+,48+,49+,50-,51+,52+,53+,54-,55+,56+,57+,58-,59-,60-,61+;/m1./s1. The van der Waals surface area contributed by atoms with E-state index in [4.69, 9.17) is 62.1 Å². The molecule has 1 aliphatic carbocycles. The highest BCUT2D eigenvalue weighted by Crippen LogP contribution is 2.48. The first-order valence-electron chi connectivity index (χ1n) is 34.0. The Morgan fingerprint density at radius 2 is 0.792 bits per heavy atom. The van der Waals surface area contributed by atoms with Crippen LogP contribution in [0, 0.1) is 0 Å². The molecule has 0 aromatic rings. The van der Waals surface area contributed by atoms with Gasteiger partial charge in [-0.15, -0.1) is 12.4 Å². The minimum absolute atomic E-state index is 0. The summed E-state index contributed by atoms with van der Waals surface area (Å²) in [5.41, 5.74) is 6.37. The topological polar surface area (TPSA) is 532 Å². The zero-order valence-electron chi connectivity index (χ0n) is 55.0. The maximum Gasteiger partial charge on any atom is 0.472 e. The average Bonchev–Trinajstić information content (AvgIpc) is 0.795. The number of hydrogen-bond acceptors (Lipinski definition) is 32. The second-order valence-corrected chi connectivity index (χ2v) is 26.9. The molecule has 4 saturated heterocycles. The molecule has 35 heteroatoms. The van der Waals surface area contributed by atoms with Crippen LogP contribution in [0.2, 0.25) is 0 Å². The van der Waals surface area contributed by atoms with Crippen LogP contribution < -0.4 is 5.73 Å². The van der Waals surface area contributed by atoms with Crippen molar-refractivity contribution in [3.05, 3.63) is 0 Å². The fourth-order valence-electron chi connectivity index (χ4n) is 12.0. The lowest BCUT2D eigenvalue weighted by atomic mass is 9.84. The van der Waals surface area contributed by atoms with Crippen molar-refractivity contribution in [2.24, 2.45) is 5.73 Å². The molecule has 0 aromatic carbocycles. The minimum Gasteiger partial charge on any atom is -0.462 e. The Bertz CT molecular complexity index is 2170. The number of rotatable bonds is 44. The van der Waals surface area contributed by atoms with Gasteiger partial charge < -0.3 is 140 Å². The molecule has 0 bridgehead atoms. The van der Waals surface area contributed by atoms with Crippen molar-refractivity contribution in [2.75, 3.05) is 39.6 Å². The van der Waals surface area contributed by atoms with Gasteiger partial charge in [-0.05, 0) is 12.8 Å². The normalized spacial score (nSPS) is 37.5. The highest BCUT2D eigenvalue weighted by Gasteiger charge is 2.57. The molecule has 4 aliphatic heterocycles. The third-order valence-electron chi connectivity index (χ3n) is 18.0. The van der Waals surface area contributed by atoms with Crippen LogP contribution in [0.15, 0.2) is 0 Å². The van der Waals surface area contributed by atoms with Gasteiger partial charge in [-0.3, -0.25) is 18.6 Å². The van der Waals surface area contributed by atoms with Crippen LogP contribution in [0.4, 0.5) is 0 Å². The van der Waals surface area contributed by atoms with Crippen LogP contribution in [0.3, 0.4) is 0 Å². The molecule has 1 unspecified atom stereocenters. The van der Waals surface area contributed by atoms with Gasteiger partial charge in [-0.2, -0.15) is 0 Å². The van der Waals surface area contributed by atoms with Gasteiger partial charge >= 0.3 is 19.8 Å². The van der Waals surface area contributed by atoms with E-state index in [2.05, 4.69) is 13.8 Å². The fourth-order valence-corrected chi connectivity index (χ4v) is 13.0. The van der Waals surface area contributed by atoms with Crippen molar-refractivity contribution in [3.63, 3.8) is 0 Å². The maximum atomic E-state index is 13.8. The second-order valence-electron chi connectivity index (χ2n) is 25.5. The molecule has 5 rings (SSSR count). The molecule has 0 aromatic heterocycles. The third kappa shape index (κ3) is 26.2. The first-order chi connectivity index (χ1) is 45.3. The van der Waals surface area contributed by atoms with E-state index in [1.165, 1.54) is 64.2 Å². The molecule has 5 aliphatic rings. The van der Waals surface area contributed by atoms with E-state index in [0.29, 0.717) is 12.8 Å². The Balaban J connectivity index is 0.0000196. The van der Waals surface area contributed by atoms with E-state index in [1.807, 2.05) is 0 Å². The quantitative estimate of drug-likeness (QED) is 0.0176. The number of carbonyl (C=O) groups excluding carboxylic acids is 2. The zero-order valence-corrected chi connectivity index (χ0v) is 56.7. The molecule has 0 radical (unpaired) electrons. The van der Waals surface area contributed by atoms with E-state index in [0.717, 1.165) is 64.2 Å². The number of phosphoric acid groups is 1. The number of halogens is 1. The van der Waals surface area contributed by atoms with Gasteiger partial charge in [0.1, 0.15) is 135 Å². The van der Waals surface area contributed by atoms with Gasteiger partial charge in [0, 0.05) is 12.8 Å². The zero-order chi connectivity index (χ0) is 69.9. The molecule has 0 spiro atoms. The van der Waals surface area contributed by atoms with E-state index in [9.17, 15) is 101 Å². The summed E-state index contributed by atoms with van der Waals surface area (Å²) in [4.78, 5) is 37.2. The predicted molar refractivity (Wildman–Crippen MR) is 333 cm³/mol. The number of phosphoric ester groups is 1. The number of aliphatic hydroxyl groups is 16. The van der Waals surface area contributed by atoms with Crippen LogP contribution in [0.5, 0.6) is 0 Å². The van der Waals surface area contributed by atoms with Crippen LogP contribution in [0.1, 0.15) is 168 Å². The molecule has 19 N–H and O–H groups in total. The Morgan fingerprint density at radius 1 is 0.417 bits per heavy atom. The van der Waals surface area contributed by atoms with Crippen molar-refractivity contribution < 1.29 is 157 Å². The molecule has 1 saturated carbocycles. The highest BCUT2D eigenvalue weighted by atomic mass is 35.5. The van der Waals surface area contributed by atoms with E-state index in [-0.39, 0.29) is 25.2 Å². The lowest BCUT2D eigenvalue weighted by Gasteiger charge is -2.49. The maximum absolute atomic E-state index is 13.8. The van der Waals surface area contributed by atoms with Crippen molar-refractivity contribution in [3.8, 4) is 0 Å². The van der Waals surface area contributed by atoms with E-state index in [1.54, 1.807) is 0 Å². The average molecular weight is 1440 g/mol. The van der Waals surface area contributed by atoms with Gasteiger partial charge in [0.05, 0.1) is 39.1 Å². The number of hydrogen-bond donors (Lipinski definition) is 18. The second kappa shape index (κ2) is 44.8. The summed E-state index contributed by atoms with van der Waals surface area (Å²) in [6.45, 7) is -0.944. The summed E-state index contributed by atoms with van der Waals surface area (Å²) >= 11 is 0. The largest absolute Gasteiger partial charge is 0.472 e. The number of nitrogens with two attached hydrogens (primary N) is 1. The number of esters is 2. The minimum atomic E-state index is -5.56. The molecule has 5 fully saturated rings. The van der Waals surface area contributed by atoms with Gasteiger partial charge in [0.25, 0.3) is 0 Å². The van der Waals surface area contributed by atoms with E-state index < -0.39 is 225 Å². The smallest absolute Gasteiger partial charge is 0.462 e. The van der Waals surface area contributed by atoms with Gasteiger partial charge in [0.2, 0.25) is 0 Å². The highest BCUT2D eigenvalue weighted by molar-refractivity contribution is 7.47. The SMILES string of the molecule is CCCCCCCCCCCCCC(=O)OC[C@H](COP(=O)(O)O[C@H]1[C@@H](O)[C@@H](O)[C@H](O)[C@@H](O)[C@@H]1O[C@H]1O[C@H](CO)[C@@H](O[C@H]2O[C@H](CO[C@H]3O[C@H](CO)[C@@H](O)[C@H](O)[C@@H]3O[C@H]3O[C@H](CO)[C@@H](O)[C@H](O)[C@@H]3O)[C@@H](O)[C@H](O)[C@@H]2O)[C@H](O)[C@H]1N)OC(=O)CCCCCCCCCCCCC.Cl. The van der Waals surface area contributed by atoms with Crippen molar-refractivity contribution in [1.29, 1.82) is 0 Å². The number of ether oxygens (including phenoxy) is 10. The summed E-state index contributed by atoms with van der Waals surface area (Å²) in [5, 5.41) is 172. The molecular formula is C61H113ClNO32P. The first-order valence-corrected chi connectivity index (χ1v) is 35.5. The van der Waals surface area contributed by atoms with Crippen molar-refractivity contribution in [1.82, 2.24) is 0 Å². The summed E-state index contributed by atoms with van der Waals surface area (Å²) in [7, 11) is -5.56. The summed E-state index contributed by atoms with van der Waals surface area (Å²) in [5.74, 6) is -1.34. The lowest BCUT2D eigenvalue weighted by Crippen LogP contribution is -2.69. The van der Waals surface area contributed by atoms with Crippen molar-refractivity contribution in [2.45, 2.75) is 333 Å². The first kappa shape index (κ1) is 86.7. The summed E-state index contributed by atoms with van der Waals surface area (Å²) < 4.78 is 80.9. The van der Waals surface area contributed by atoms with Gasteiger partial charge in [-0.25, -0.2) is 4.57 Å². The molecule has 33 nitrogen and oxygen atoms in total. The molecule has 0 amide bonds. The van der Waals surface area contributed by atoms with Gasteiger partial charge in [-0.1, -0.05) is 142 Å². The molecule has 566 valence electrons. The van der Waals surface area contributed by atoms with Crippen LogP contribution in [-0.4, -0.2) is 304 Å². The van der Waals surface area contributed by atoms with E-state index >= 15 is 0 Å². The number of unbranched alkanes of at least 4 members (excludes halogenated alkanes) is 20. The Kier molecular flexibility index (Phi) is 40.4. The summed E-state index contributed by atoms with van der Waals surface area (Å²) in [6, 6.07) is -1.87. The molecule has 28 atom stereocenters. The monoisotopic (exact) mass is 1440 g/mol. The Hall–Kier alpha value is -1.66. The number of carbonyl (C=O) groups is 2. The fraction of sp³-hybridized carbons (Fsp3) is 0.967. The lowest BCUT2D eigenvalue weighted by molar-refractivity contribution is -0.377. The molecular weight excluding hydrogens is 1330 g/mol. The van der Waals surface area contributed by atoms with Crippen LogP contribution in [0.25, 0.3) is 0 Å². The Morgan fingerprint density at radius 3 is 1.28 bits per heavy atom. The van der Waals surface area contributed by atoms with Crippen LogP contribution >= 0.6 is 20.2 Å². The third-order valence-corrected chi connectivity index (χ3v) is 18.9. The predicted octanol–water partition coefficient (Wildman–Crippen LogP) is -2.15. The molecule has 4 heterocycles. The summed E-state index contributed by atoms with van der Waals surface area (Å²) in [6.07, 6.45) is -28.7. The molecule has 96 heavy (non-hydrogen) atoms.